The minimum absolute atomic E-state index is 0.227. The van der Waals surface area contributed by atoms with E-state index in [-0.39, 0.29) is 5.82 Å². The normalized spacial score (nSPS) is 19.7. The fourth-order valence-electron chi connectivity index (χ4n) is 5.42. The van der Waals surface area contributed by atoms with Gasteiger partial charge in [-0.05, 0) is 104 Å². The lowest BCUT2D eigenvalue weighted by atomic mass is 9.96. The minimum Gasteiger partial charge on any atom is -0.598 e. The fraction of sp³-hybridized carbons (Fsp3) is 0.441. The number of anilines is 1. The number of amides is 1. The van der Waals surface area contributed by atoms with Gasteiger partial charge in [-0.2, -0.15) is 0 Å². The average Bonchev–Trinajstić information content (AvgIpc) is 3.51. The maximum atomic E-state index is 13.6. The Morgan fingerprint density at radius 3 is 2.46 bits per heavy atom. The van der Waals surface area contributed by atoms with E-state index in [9.17, 15) is 14.5 Å². The molecular weight excluding hydrogens is 644 g/mol. The molecule has 0 radical (unpaired) electrons. The molecule has 9 nitrogen and oxygen atoms in total. The van der Waals surface area contributed by atoms with Crippen LogP contribution in [0.2, 0.25) is 5.02 Å². The Morgan fingerprint density at radius 1 is 1.13 bits per heavy atom. The van der Waals surface area contributed by atoms with Gasteiger partial charge in [0, 0.05) is 38.2 Å². The second-order valence-electron chi connectivity index (χ2n) is 14.1. The highest BCUT2D eigenvalue weighted by atomic mass is 35.5. The number of benzene rings is 1. The van der Waals surface area contributed by atoms with Gasteiger partial charge in [0.15, 0.2) is 5.79 Å². The van der Waals surface area contributed by atoms with Gasteiger partial charge in [0.05, 0.1) is 23.0 Å². The lowest BCUT2D eigenvalue weighted by Crippen LogP contribution is -2.46. The van der Waals surface area contributed by atoms with Crippen LogP contribution < -0.4 is 9.62 Å². The van der Waals surface area contributed by atoms with Crippen molar-refractivity contribution >= 4 is 56.3 Å². The Hall–Kier alpha value is -2.77. The molecule has 1 amide bonds. The molecule has 0 bridgehead atoms. The number of hydrogen-bond donors (Lipinski definition) is 2. The second kappa shape index (κ2) is 12.4. The number of halogens is 1. The van der Waals surface area contributed by atoms with Gasteiger partial charge in [0.25, 0.3) is 0 Å². The largest absolute Gasteiger partial charge is 0.598 e. The first kappa shape index (κ1) is 34.6. The molecular formula is C34H41ClN4O5S2. The van der Waals surface area contributed by atoms with E-state index >= 15 is 0 Å². The highest BCUT2D eigenvalue weighted by Gasteiger charge is 2.43. The highest BCUT2D eigenvalue weighted by molar-refractivity contribution is 7.90. The number of pyridine rings is 2. The quantitative estimate of drug-likeness (QED) is 0.186. The summed E-state index contributed by atoms with van der Waals surface area (Å²) in [5, 5.41) is 11.4. The Labute approximate surface area is 282 Å². The number of rotatable bonds is 7. The van der Waals surface area contributed by atoms with Gasteiger partial charge in [0.2, 0.25) is 0 Å². The average molecular weight is 685 g/mol. The Morgan fingerprint density at radius 2 is 1.85 bits per heavy atom. The topological polar surface area (TPSA) is 120 Å². The minimum atomic E-state index is -1.51. The zero-order valence-corrected chi connectivity index (χ0v) is 30.0. The zero-order chi connectivity index (χ0) is 33.8. The molecule has 12 heteroatoms. The number of fused-ring (bicyclic) bond motifs is 1. The Balaban J connectivity index is 1.63. The zero-order valence-electron chi connectivity index (χ0n) is 27.6. The van der Waals surface area contributed by atoms with E-state index in [0.717, 1.165) is 31.8 Å². The van der Waals surface area contributed by atoms with Crippen LogP contribution in [-0.2, 0) is 26.4 Å². The molecule has 3 atom stereocenters. The standard InChI is InChI=1S/C34H41ClN4O5S2/c1-31(2,3)39(30(40)41)26-14-13-23(35)27(37-26)28(38-46(42)32(4,5)6)25-17-20-11-10-12-22(29(20)45-25)24-18-21(15-16-36-24)34(9)19-43-33(7,8)44-34/h10-18,28,38H,19H2,1-9H3,(H,40,41)/t28?,34-,46?/m0/s1. The third-order valence-electron chi connectivity index (χ3n) is 7.66. The summed E-state index contributed by atoms with van der Waals surface area (Å²) < 4.78 is 29.4. The molecule has 3 aromatic heterocycles. The monoisotopic (exact) mass is 684 g/mol. The molecule has 2 unspecified atom stereocenters. The molecule has 0 spiro atoms. The van der Waals surface area contributed by atoms with E-state index in [0.29, 0.717) is 17.3 Å². The van der Waals surface area contributed by atoms with Crippen molar-refractivity contribution in [3.8, 4) is 11.3 Å². The Kier molecular flexibility index (Phi) is 9.28. The van der Waals surface area contributed by atoms with Gasteiger partial charge in [-0.15, -0.1) is 16.1 Å². The van der Waals surface area contributed by atoms with E-state index in [1.165, 1.54) is 16.2 Å². The van der Waals surface area contributed by atoms with Crippen LogP contribution >= 0.6 is 22.9 Å². The molecule has 246 valence electrons. The third-order valence-corrected chi connectivity index (χ3v) is 10.8. The molecule has 2 N–H and O–H groups in total. The first-order valence-corrected chi connectivity index (χ1v) is 17.3. The molecule has 1 aromatic carbocycles. The van der Waals surface area contributed by atoms with Gasteiger partial charge in [-0.25, -0.2) is 9.78 Å². The Bertz CT molecular complexity index is 1770. The van der Waals surface area contributed by atoms with Crippen molar-refractivity contribution in [2.75, 3.05) is 11.5 Å². The van der Waals surface area contributed by atoms with Crippen LogP contribution in [0.3, 0.4) is 0 Å². The van der Waals surface area contributed by atoms with E-state index in [1.807, 2.05) is 77.9 Å². The van der Waals surface area contributed by atoms with Crippen molar-refractivity contribution in [1.82, 2.24) is 14.7 Å². The predicted octanol–water partition coefficient (Wildman–Crippen LogP) is 8.43. The van der Waals surface area contributed by atoms with Gasteiger partial charge >= 0.3 is 6.09 Å². The molecule has 0 saturated carbocycles. The summed E-state index contributed by atoms with van der Waals surface area (Å²) in [6.45, 7) is 17.3. The predicted molar refractivity (Wildman–Crippen MR) is 186 cm³/mol. The van der Waals surface area contributed by atoms with E-state index < -0.39 is 45.2 Å². The molecule has 5 rings (SSSR count). The molecule has 1 aliphatic rings. The van der Waals surface area contributed by atoms with Crippen molar-refractivity contribution in [2.24, 2.45) is 0 Å². The first-order chi connectivity index (χ1) is 21.3. The van der Waals surface area contributed by atoms with Gasteiger partial charge in [-0.3, -0.25) is 9.88 Å². The molecule has 1 aliphatic heterocycles. The maximum absolute atomic E-state index is 13.6. The summed E-state index contributed by atoms with van der Waals surface area (Å²) in [5.74, 6) is -0.456. The molecule has 46 heavy (non-hydrogen) atoms. The summed E-state index contributed by atoms with van der Waals surface area (Å²) in [6.07, 6.45) is 0.650. The van der Waals surface area contributed by atoms with E-state index in [4.69, 9.17) is 31.0 Å². The van der Waals surface area contributed by atoms with Crippen molar-refractivity contribution in [1.29, 1.82) is 0 Å². The summed E-state index contributed by atoms with van der Waals surface area (Å²) >= 11 is 6.80. The third kappa shape index (κ3) is 7.06. The lowest BCUT2D eigenvalue weighted by molar-refractivity contribution is -0.159. The highest BCUT2D eigenvalue weighted by Crippen LogP contribution is 2.43. The van der Waals surface area contributed by atoms with Crippen molar-refractivity contribution in [2.45, 2.75) is 90.0 Å². The number of aromatic nitrogens is 2. The van der Waals surface area contributed by atoms with Gasteiger partial charge in [0.1, 0.15) is 22.2 Å². The summed E-state index contributed by atoms with van der Waals surface area (Å²) in [7, 11) is 0. The summed E-state index contributed by atoms with van der Waals surface area (Å²) in [6, 6.07) is 14.6. The smallest absolute Gasteiger partial charge is 0.413 e. The molecule has 0 aliphatic carbocycles. The summed E-state index contributed by atoms with van der Waals surface area (Å²) in [4.78, 5) is 23.8. The molecule has 1 fully saturated rings. The fourth-order valence-corrected chi connectivity index (χ4v) is 7.76. The number of carbonyl (C=O) groups is 1. The number of hydrogen-bond acceptors (Lipinski definition) is 8. The first-order valence-electron chi connectivity index (χ1n) is 15.0. The van der Waals surface area contributed by atoms with Crippen LogP contribution in [0, 0.1) is 0 Å². The number of carboxylic acid groups (broad SMARTS) is 1. The van der Waals surface area contributed by atoms with Crippen LogP contribution in [0.15, 0.2) is 54.7 Å². The maximum Gasteiger partial charge on any atom is 0.413 e. The summed E-state index contributed by atoms with van der Waals surface area (Å²) in [5.41, 5.74) is 1.69. The van der Waals surface area contributed by atoms with Crippen molar-refractivity contribution < 1.29 is 23.9 Å². The number of ether oxygens (including phenoxy) is 2. The van der Waals surface area contributed by atoms with Crippen LogP contribution in [-0.4, -0.2) is 48.4 Å². The lowest BCUT2D eigenvalue weighted by Gasteiger charge is -2.33. The SMILES string of the molecule is CC1(C)OC[C@@](C)(c2ccnc(-c3cccc4cc(C(N[S+]([O-])C(C)(C)C)c5nc(N(C(=O)O)C(C)(C)C)ccc5Cl)sc34)c2)O1. The number of nitrogens with one attached hydrogen (secondary N) is 1. The van der Waals surface area contributed by atoms with Crippen LogP contribution in [0.4, 0.5) is 10.6 Å². The van der Waals surface area contributed by atoms with Crippen LogP contribution in [0.25, 0.3) is 21.3 Å². The van der Waals surface area contributed by atoms with Gasteiger partial charge in [-0.1, -0.05) is 29.8 Å². The van der Waals surface area contributed by atoms with Gasteiger partial charge < -0.3 is 19.1 Å². The van der Waals surface area contributed by atoms with E-state index in [1.54, 1.807) is 39.1 Å². The van der Waals surface area contributed by atoms with Crippen LogP contribution in [0.1, 0.15) is 84.5 Å². The molecule has 1 saturated heterocycles. The second-order valence-corrected chi connectivity index (χ2v) is 17.6. The van der Waals surface area contributed by atoms with Crippen LogP contribution in [0.5, 0.6) is 0 Å². The molecule has 4 heterocycles. The van der Waals surface area contributed by atoms with Crippen molar-refractivity contribution in [3.05, 3.63) is 75.9 Å². The van der Waals surface area contributed by atoms with Crippen molar-refractivity contribution in [3.63, 3.8) is 0 Å². The van der Waals surface area contributed by atoms with E-state index in [2.05, 4.69) is 4.72 Å². The molecule has 4 aromatic rings. The number of nitrogens with zero attached hydrogens (tertiary/aromatic N) is 3. The number of thiophene rings is 1.